The zero-order chi connectivity index (χ0) is 21.6. The van der Waals surface area contributed by atoms with Gasteiger partial charge in [-0.05, 0) is 18.4 Å². The average molecular weight is 420 g/mol. The first-order valence-corrected chi connectivity index (χ1v) is 11.1. The Hall–Kier alpha value is -1.73. The van der Waals surface area contributed by atoms with Crippen LogP contribution in [0.25, 0.3) is 0 Å². The lowest BCUT2D eigenvalue weighted by Gasteiger charge is -2.40. The summed E-state index contributed by atoms with van der Waals surface area (Å²) in [4.78, 5) is 11.9. The molecular formula is C24H37NO5. The van der Waals surface area contributed by atoms with Crippen LogP contribution in [0.15, 0.2) is 42.5 Å². The predicted octanol–water partition coefficient (Wildman–Crippen LogP) is 3.77. The van der Waals surface area contributed by atoms with Gasteiger partial charge < -0.3 is 24.7 Å². The van der Waals surface area contributed by atoms with Crippen LogP contribution in [0.3, 0.4) is 0 Å². The van der Waals surface area contributed by atoms with Crippen molar-refractivity contribution in [2.24, 2.45) is 5.73 Å². The fourth-order valence-corrected chi connectivity index (χ4v) is 3.60. The lowest BCUT2D eigenvalue weighted by Crippen LogP contribution is -2.56. The first-order chi connectivity index (χ1) is 14.7. The molecule has 0 spiro atoms. The second kappa shape index (κ2) is 14.3. The second-order valence-corrected chi connectivity index (χ2v) is 7.62. The molecule has 0 aliphatic carbocycles. The number of carbonyl (C=O) groups is 1. The molecule has 30 heavy (non-hydrogen) atoms. The summed E-state index contributed by atoms with van der Waals surface area (Å²) in [6, 6.07) is 9.92. The van der Waals surface area contributed by atoms with Gasteiger partial charge in [-0.2, -0.15) is 0 Å². The van der Waals surface area contributed by atoms with Gasteiger partial charge in [0, 0.05) is 7.11 Å². The number of allylic oxidation sites excluding steroid dienone is 1. The molecular weight excluding hydrogens is 382 g/mol. The quantitative estimate of drug-likeness (QED) is 0.298. The van der Waals surface area contributed by atoms with Gasteiger partial charge in [-0.15, -0.1) is 0 Å². The van der Waals surface area contributed by atoms with Crippen molar-refractivity contribution in [2.75, 3.05) is 20.3 Å². The number of hydrogen-bond acceptors (Lipinski definition) is 6. The van der Waals surface area contributed by atoms with Crippen molar-refractivity contribution in [1.82, 2.24) is 0 Å². The topological polar surface area (TPSA) is 80.0 Å². The maximum atomic E-state index is 11.9. The third-order valence-corrected chi connectivity index (χ3v) is 5.28. The number of carbonyl (C=O) groups excluding carboxylic acids is 1. The summed E-state index contributed by atoms with van der Waals surface area (Å²) in [5.41, 5.74) is 6.53. The molecule has 0 saturated carbocycles. The van der Waals surface area contributed by atoms with Crippen molar-refractivity contribution in [3.05, 3.63) is 48.0 Å². The molecule has 0 aromatic heterocycles. The van der Waals surface area contributed by atoms with Gasteiger partial charge in [0.1, 0.15) is 18.3 Å². The van der Waals surface area contributed by atoms with Gasteiger partial charge in [0.25, 0.3) is 0 Å². The Bertz CT molecular complexity index is 621. The predicted molar refractivity (Wildman–Crippen MR) is 117 cm³/mol. The molecule has 1 aromatic rings. The summed E-state index contributed by atoms with van der Waals surface area (Å²) in [6.07, 6.45) is 9.48. The van der Waals surface area contributed by atoms with Gasteiger partial charge in [0.05, 0.1) is 19.8 Å². The average Bonchev–Trinajstić information content (AvgIpc) is 2.78. The normalized spacial score (nSPS) is 24.2. The summed E-state index contributed by atoms with van der Waals surface area (Å²) < 4.78 is 23.4. The number of esters is 1. The second-order valence-electron chi connectivity index (χ2n) is 7.62. The first kappa shape index (κ1) is 24.5. The lowest BCUT2D eigenvalue weighted by atomic mass is 9.98. The van der Waals surface area contributed by atoms with Gasteiger partial charge in [-0.3, -0.25) is 4.79 Å². The van der Waals surface area contributed by atoms with E-state index in [0.717, 1.165) is 18.4 Å². The Morgan fingerprint density at radius 2 is 1.93 bits per heavy atom. The van der Waals surface area contributed by atoms with Crippen LogP contribution in [0.4, 0.5) is 0 Å². The standard InChI is InChI=1S/C24H37NO5/c1-3-4-5-6-7-8-12-15-20-24(30-22(26)16-25)23(27-2)21(18-29-20)28-17-19-13-10-9-11-14-19/h9-15,20-21,23-24H,3-8,16-18,25H2,1-2H3/t20-,21+,23-,24+/m0/s1. The molecule has 168 valence electrons. The minimum absolute atomic E-state index is 0.184. The van der Waals surface area contributed by atoms with Gasteiger partial charge in [0.2, 0.25) is 0 Å². The fraction of sp³-hybridized carbons (Fsp3) is 0.625. The van der Waals surface area contributed by atoms with Crippen molar-refractivity contribution >= 4 is 5.97 Å². The van der Waals surface area contributed by atoms with Gasteiger partial charge in [0.15, 0.2) is 6.10 Å². The van der Waals surface area contributed by atoms with E-state index in [9.17, 15) is 4.79 Å². The van der Waals surface area contributed by atoms with Crippen LogP contribution in [-0.2, 0) is 30.3 Å². The maximum Gasteiger partial charge on any atom is 0.320 e. The van der Waals surface area contributed by atoms with Crippen molar-refractivity contribution < 1.29 is 23.7 Å². The molecule has 1 heterocycles. The summed E-state index contributed by atoms with van der Waals surface area (Å²) in [7, 11) is 1.60. The number of benzene rings is 1. The molecule has 0 amide bonds. The van der Waals surface area contributed by atoms with Crippen LogP contribution in [0, 0.1) is 0 Å². The maximum absolute atomic E-state index is 11.9. The summed E-state index contributed by atoms with van der Waals surface area (Å²) in [5, 5.41) is 0. The highest BCUT2D eigenvalue weighted by atomic mass is 16.6. The highest BCUT2D eigenvalue weighted by molar-refractivity contribution is 5.71. The van der Waals surface area contributed by atoms with Crippen LogP contribution in [-0.4, -0.2) is 50.6 Å². The molecule has 6 nitrogen and oxygen atoms in total. The summed E-state index contributed by atoms with van der Waals surface area (Å²) in [5.74, 6) is -0.479. The van der Waals surface area contributed by atoms with E-state index in [2.05, 4.69) is 13.0 Å². The van der Waals surface area contributed by atoms with E-state index < -0.39 is 18.2 Å². The fourth-order valence-electron chi connectivity index (χ4n) is 3.60. The highest BCUT2D eigenvalue weighted by Crippen LogP contribution is 2.25. The number of rotatable bonds is 13. The SMILES string of the molecule is CCCCCCCC=C[C@@H]1OC[C@@H](OCc2ccccc2)[C@H](OC)[C@@H]1OC(=O)CN. The number of hydrogen-bond donors (Lipinski definition) is 1. The molecule has 2 N–H and O–H groups in total. The first-order valence-electron chi connectivity index (χ1n) is 11.1. The van der Waals surface area contributed by atoms with Crippen LogP contribution in [0.1, 0.15) is 51.0 Å². The monoisotopic (exact) mass is 419 g/mol. The molecule has 1 fully saturated rings. The van der Waals surface area contributed by atoms with Crippen molar-refractivity contribution in [3.63, 3.8) is 0 Å². The number of methoxy groups -OCH3 is 1. The van der Waals surface area contributed by atoms with Gasteiger partial charge >= 0.3 is 5.97 Å². The Morgan fingerprint density at radius 1 is 1.17 bits per heavy atom. The van der Waals surface area contributed by atoms with Crippen molar-refractivity contribution in [2.45, 2.75) is 76.5 Å². The molecule has 6 heteroatoms. The third kappa shape index (κ3) is 8.19. The van der Waals surface area contributed by atoms with Crippen molar-refractivity contribution in [3.8, 4) is 0 Å². The third-order valence-electron chi connectivity index (χ3n) is 5.28. The number of ether oxygens (including phenoxy) is 4. The number of nitrogens with two attached hydrogens (primary N) is 1. The largest absolute Gasteiger partial charge is 0.455 e. The molecule has 0 bridgehead atoms. The van der Waals surface area contributed by atoms with E-state index >= 15 is 0 Å². The zero-order valence-electron chi connectivity index (χ0n) is 18.3. The Kier molecular flexibility index (Phi) is 11.7. The molecule has 1 saturated heterocycles. The molecule has 1 aliphatic heterocycles. The van der Waals surface area contributed by atoms with E-state index in [1.54, 1.807) is 7.11 Å². The smallest absolute Gasteiger partial charge is 0.320 e. The van der Waals surface area contributed by atoms with E-state index in [1.807, 2.05) is 36.4 Å². The van der Waals surface area contributed by atoms with E-state index in [0.29, 0.717) is 13.2 Å². The lowest BCUT2D eigenvalue weighted by molar-refractivity contribution is -0.216. The van der Waals surface area contributed by atoms with Crippen LogP contribution in [0.2, 0.25) is 0 Å². The molecule has 1 aliphatic rings. The van der Waals surface area contributed by atoms with Gasteiger partial charge in [-0.1, -0.05) is 75.1 Å². The van der Waals surface area contributed by atoms with Crippen molar-refractivity contribution in [1.29, 1.82) is 0 Å². The summed E-state index contributed by atoms with van der Waals surface area (Å²) in [6.45, 7) is 2.83. The van der Waals surface area contributed by atoms with Crippen LogP contribution < -0.4 is 5.73 Å². The molecule has 0 unspecified atom stereocenters. The Balaban J connectivity index is 1.96. The van der Waals surface area contributed by atoms with E-state index in [4.69, 9.17) is 24.7 Å². The molecule has 2 rings (SSSR count). The highest BCUT2D eigenvalue weighted by Gasteiger charge is 2.43. The van der Waals surface area contributed by atoms with Crippen LogP contribution in [0.5, 0.6) is 0 Å². The molecule has 1 aromatic carbocycles. The van der Waals surface area contributed by atoms with E-state index in [-0.39, 0.29) is 18.8 Å². The minimum Gasteiger partial charge on any atom is -0.455 e. The van der Waals surface area contributed by atoms with Gasteiger partial charge in [-0.25, -0.2) is 0 Å². The molecule has 0 radical (unpaired) electrons. The van der Waals surface area contributed by atoms with Crippen LogP contribution >= 0.6 is 0 Å². The van der Waals surface area contributed by atoms with E-state index in [1.165, 1.54) is 25.7 Å². The Labute approximate surface area is 180 Å². The summed E-state index contributed by atoms with van der Waals surface area (Å²) >= 11 is 0. The Morgan fingerprint density at radius 3 is 2.63 bits per heavy atom. The zero-order valence-corrected chi connectivity index (χ0v) is 18.3. The molecule has 4 atom stereocenters. The minimum atomic E-state index is -0.600. The number of unbranched alkanes of at least 4 members (excludes halogenated alkanes) is 5.